The summed E-state index contributed by atoms with van der Waals surface area (Å²) in [6.07, 6.45) is 1.12. The van der Waals surface area contributed by atoms with E-state index in [0.717, 1.165) is 18.3 Å². The number of benzene rings is 1. The van der Waals surface area contributed by atoms with Crippen LogP contribution < -0.4 is 4.72 Å². The summed E-state index contributed by atoms with van der Waals surface area (Å²) in [4.78, 5) is 3.27. The van der Waals surface area contributed by atoms with E-state index < -0.39 is 33.2 Å². The highest BCUT2D eigenvalue weighted by atomic mass is 35.5. The van der Waals surface area contributed by atoms with Gasteiger partial charge in [0.2, 0.25) is 0 Å². The molecule has 0 saturated carbocycles. The van der Waals surface area contributed by atoms with Crippen LogP contribution in [0.25, 0.3) is 0 Å². The van der Waals surface area contributed by atoms with E-state index in [4.69, 9.17) is 11.6 Å². The third kappa shape index (κ3) is 3.02. The fourth-order valence-corrected chi connectivity index (χ4v) is 2.69. The van der Waals surface area contributed by atoms with Gasteiger partial charge < -0.3 is 0 Å². The van der Waals surface area contributed by atoms with Crippen molar-refractivity contribution in [1.82, 2.24) is 4.98 Å². The molecule has 0 radical (unpaired) electrons. The zero-order valence-electron chi connectivity index (χ0n) is 9.57. The number of aromatic nitrogens is 1. The molecule has 1 aromatic heterocycles. The molecule has 0 fully saturated rings. The Bertz CT molecular complexity index is 768. The number of halogens is 4. The van der Waals surface area contributed by atoms with Crippen LogP contribution in [0.4, 0.5) is 18.9 Å². The first-order chi connectivity index (χ1) is 9.29. The van der Waals surface area contributed by atoms with E-state index in [9.17, 15) is 21.6 Å². The molecule has 0 bridgehead atoms. The summed E-state index contributed by atoms with van der Waals surface area (Å²) in [7, 11) is -4.24. The van der Waals surface area contributed by atoms with Gasteiger partial charge in [0.15, 0.2) is 11.6 Å². The molecule has 20 heavy (non-hydrogen) atoms. The maximum atomic E-state index is 13.4. The molecule has 0 aliphatic carbocycles. The van der Waals surface area contributed by atoms with Gasteiger partial charge in [-0.2, -0.15) is 0 Å². The molecule has 9 heteroatoms. The van der Waals surface area contributed by atoms with Crippen molar-refractivity contribution >= 4 is 27.3 Å². The number of hydrogen-bond donors (Lipinski definition) is 1. The Balaban J connectivity index is 2.44. The molecule has 4 nitrogen and oxygen atoms in total. The monoisotopic (exact) mass is 322 g/mol. The van der Waals surface area contributed by atoms with Gasteiger partial charge in [0, 0.05) is 18.3 Å². The zero-order chi connectivity index (χ0) is 14.9. The normalized spacial score (nSPS) is 11.4. The lowest BCUT2D eigenvalue weighted by atomic mass is 10.3. The second kappa shape index (κ2) is 5.29. The highest BCUT2D eigenvalue weighted by Crippen LogP contribution is 2.23. The fraction of sp³-hybridized carbons (Fsp3) is 0. The molecule has 2 rings (SSSR count). The van der Waals surface area contributed by atoms with Gasteiger partial charge in [0.25, 0.3) is 10.0 Å². The van der Waals surface area contributed by atoms with Crippen molar-refractivity contribution in [3.05, 3.63) is 53.1 Å². The van der Waals surface area contributed by atoms with Crippen molar-refractivity contribution in [2.45, 2.75) is 4.90 Å². The number of anilines is 1. The zero-order valence-corrected chi connectivity index (χ0v) is 11.1. The first kappa shape index (κ1) is 14.6. The maximum Gasteiger partial charge on any atom is 0.262 e. The molecule has 2 aromatic rings. The molecule has 0 unspecified atom stereocenters. The van der Waals surface area contributed by atoms with Crippen LogP contribution in [0, 0.1) is 17.5 Å². The van der Waals surface area contributed by atoms with Crippen molar-refractivity contribution < 1.29 is 21.6 Å². The highest BCUT2D eigenvalue weighted by Gasteiger charge is 2.19. The molecule has 106 valence electrons. The van der Waals surface area contributed by atoms with Crippen LogP contribution in [0.15, 0.2) is 35.4 Å². The van der Waals surface area contributed by atoms with Crippen LogP contribution in [0.1, 0.15) is 0 Å². The average Bonchev–Trinajstić information content (AvgIpc) is 2.35. The quantitative estimate of drug-likeness (QED) is 0.698. The molecule has 0 aliphatic rings. The number of nitrogens with zero attached hydrogens (tertiary/aromatic N) is 1. The van der Waals surface area contributed by atoms with E-state index in [2.05, 4.69) is 4.98 Å². The van der Waals surface area contributed by atoms with Gasteiger partial charge >= 0.3 is 0 Å². The van der Waals surface area contributed by atoms with Crippen LogP contribution in [0.3, 0.4) is 0 Å². The van der Waals surface area contributed by atoms with Gasteiger partial charge in [-0.25, -0.2) is 26.6 Å². The van der Waals surface area contributed by atoms with Crippen LogP contribution in [0.2, 0.25) is 5.15 Å². The Morgan fingerprint density at radius 2 is 1.85 bits per heavy atom. The largest absolute Gasteiger partial charge is 0.276 e. The van der Waals surface area contributed by atoms with Gasteiger partial charge in [-0.3, -0.25) is 4.72 Å². The minimum Gasteiger partial charge on any atom is -0.276 e. The molecule has 0 saturated heterocycles. The van der Waals surface area contributed by atoms with E-state index in [1.165, 1.54) is 0 Å². The highest BCUT2D eigenvalue weighted by molar-refractivity contribution is 7.92. The Hall–Kier alpha value is -1.80. The smallest absolute Gasteiger partial charge is 0.262 e. The Labute approximate surface area is 117 Å². The average molecular weight is 323 g/mol. The third-order valence-electron chi connectivity index (χ3n) is 2.25. The second-order valence-corrected chi connectivity index (χ2v) is 5.74. The Morgan fingerprint density at radius 3 is 2.50 bits per heavy atom. The second-order valence-electron chi connectivity index (χ2n) is 3.67. The summed E-state index contributed by atoms with van der Waals surface area (Å²) in [6.45, 7) is 0. The predicted molar refractivity (Wildman–Crippen MR) is 66.4 cm³/mol. The standard InChI is InChI=1S/C11H6ClF3N2O2S/c12-10-5-7(1-2-16-10)20(18,19)17-9-4-6(13)3-8(14)11(9)15/h1-5,17H. The maximum absolute atomic E-state index is 13.4. The van der Waals surface area contributed by atoms with Crippen molar-refractivity contribution in [2.75, 3.05) is 4.72 Å². The molecule has 0 spiro atoms. The van der Waals surface area contributed by atoms with Crippen molar-refractivity contribution in [3.63, 3.8) is 0 Å². The van der Waals surface area contributed by atoms with Crippen LogP contribution in [-0.4, -0.2) is 13.4 Å². The van der Waals surface area contributed by atoms with Crippen LogP contribution in [0.5, 0.6) is 0 Å². The van der Waals surface area contributed by atoms with Crippen LogP contribution in [-0.2, 0) is 10.0 Å². The van der Waals surface area contributed by atoms with Gasteiger partial charge in [0.05, 0.1) is 10.6 Å². The third-order valence-corrected chi connectivity index (χ3v) is 3.82. The first-order valence-corrected chi connectivity index (χ1v) is 6.94. The summed E-state index contributed by atoms with van der Waals surface area (Å²) in [5.74, 6) is -4.13. The summed E-state index contributed by atoms with van der Waals surface area (Å²) in [5, 5.41) is -0.0984. The number of hydrogen-bond acceptors (Lipinski definition) is 3. The van der Waals surface area contributed by atoms with Crippen LogP contribution >= 0.6 is 11.6 Å². The summed E-state index contributed by atoms with van der Waals surface area (Å²) < 4.78 is 65.0. The van der Waals surface area contributed by atoms with Gasteiger partial charge in [-0.05, 0) is 12.1 Å². The van der Waals surface area contributed by atoms with Gasteiger partial charge in [0.1, 0.15) is 11.0 Å². The number of nitrogens with one attached hydrogen (secondary N) is 1. The van der Waals surface area contributed by atoms with E-state index in [0.29, 0.717) is 12.1 Å². The summed E-state index contributed by atoms with van der Waals surface area (Å²) in [5.41, 5.74) is -0.838. The molecule has 0 aliphatic heterocycles. The predicted octanol–water partition coefficient (Wildman–Crippen LogP) is 2.95. The van der Waals surface area contributed by atoms with Crippen molar-refractivity contribution in [2.24, 2.45) is 0 Å². The van der Waals surface area contributed by atoms with Gasteiger partial charge in [-0.15, -0.1) is 0 Å². The summed E-state index contributed by atoms with van der Waals surface area (Å²) >= 11 is 5.54. The van der Waals surface area contributed by atoms with E-state index in [1.54, 1.807) is 4.72 Å². The molecule has 1 N–H and O–H groups in total. The number of rotatable bonds is 3. The molecular weight excluding hydrogens is 317 g/mol. The number of sulfonamides is 1. The number of pyridine rings is 1. The first-order valence-electron chi connectivity index (χ1n) is 5.08. The minimum absolute atomic E-state index is 0.0984. The molecule has 0 amide bonds. The summed E-state index contributed by atoms with van der Waals surface area (Å²) in [6, 6.07) is 2.94. The van der Waals surface area contributed by atoms with E-state index in [-0.39, 0.29) is 10.0 Å². The van der Waals surface area contributed by atoms with Gasteiger partial charge in [-0.1, -0.05) is 11.6 Å². The SMILES string of the molecule is O=S(=O)(Nc1cc(F)cc(F)c1F)c1ccnc(Cl)c1. The van der Waals surface area contributed by atoms with Crippen molar-refractivity contribution in [1.29, 1.82) is 0 Å². The fourth-order valence-electron chi connectivity index (χ4n) is 1.39. The molecule has 0 atom stereocenters. The van der Waals surface area contributed by atoms with E-state index in [1.807, 2.05) is 0 Å². The molecular formula is C11H6ClF3N2O2S. The molecule has 1 aromatic carbocycles. The van der Waals surface area contributed by atoms with Crippen molar-refractivity contribution in [3.8, 4) is 0 Å². The molecule has 1 heterocycles. The Morgan fingerprint density at radius 1 is 1.15 bits per heavy atom. The van der Waals surface area contributed by atoms with E-state index >= 15 is 0 Å². The lowest BCUT2D eigenvalue weighted by Crippen LogP contribution is -2.15. The lowest BCUT2D eigenvalue weighted by Gasteiger charge is -2.09. The topological polar surface area (TPSA) is 59.1 Å². The minimum atomic E-state index is -4.24. The lowest BCUT2D eigenvalue weighted by molar-refractivity contribution is 0.498. The Kier molecular flexibility index (Phi) is 3.87.